The largest absolute Gasteiger partial charge is 0.465 e. The quantitative estimate of drug-likeness (QED) is 0.570. The van der Waals surface area contributed by atoms with E-state index in [1.807, 2.05) is 42.5 Å². The molecule has 33 heavy (non-hydrogen) atoms. The van der Waals surface area contributed by atoms with E-state index >= 15 is 0 Å². The molecule has 1 aromatic carbocycles. The van der Waals surface area contributed by atoms with Crippen molar-refractivity contribution in [3.8, 4) is 0 Å². The van der Waals surface area contributed by atoms with Crippen molar-refractivity contribution in [1.82, 2.24) is 15.6 Å². The van der Waals surface area contributed by atoms with E-state index in [4.69, 9.17) is 14.1 Å². The normalized spacial score (nSPS) is 14.2. The van der Waals surface area contributed by atoms with Crippen molar-refractivity contribution in [3.63, 3.8) is 0 Å². The Morgan fingerprint density at radius 3 is 2.73 bits per heavy atom. The minimum absolute atomic E-state index is 0.126. The Kier molecular flexibility index (Phi) is 6.53. The molecule has 0 atom stereocenters. The van der Waals surface area contributed by atoms with Crippen molar-refractivity contribution < 1.29 is 23.5 Å². The van der Waals surface area contributed by atoms with Crippen molar-refractivity contribution in [3.05, 3.63) is 65.2 Å². The Labute approximate surface area is 191 Å². The highest BCUT2D eigenvalue weighted by molar-refractivity contribution is 6.07. The van der Waals surface area contributed by atoms with Crippen molar-refractivity contribution in [2.45, 2.75) is 39.2 Å². The van der Waals surface area contributed by atoms with E-state index in [0.717, 1.165) is 29.7 Å². The first kappa shape index (κ1) is 22.3. The molecule has 0 fully saturated rings. The number of amides is 3. The molecule has 1 aliphatic rings. The van der Waals surface area contributed by atoms with Crippen LogP contribution in [0.5, 0.6) is 0 Å². The monoisotopic (exact) mass is 447 g/mol. The Balaban J connectivity index is 1.64. The highest BCUT2D eigenvalue weighted by atomic mass is 16.5. The molecule has 3 amide bonds. The molecule has 4 rings (SSSR count). The maximum Gasteiger partial charge on any atom is 0.339 e. The SMILES string of the molecule is CC(C)NC(=O)NC(=O)COC(=O)c1c2c(nc3ccccc13)C(=Cc1ccco1)CCC2. The lowest BCUT2D eigenvalue weighted by molar-refractivity contribution is -0.123. The lowest BCUT2D eigenvalue weighted by atomic mass is 9.86. The van der Waals surface area contributed by atoms with Gasteiger partial charge in [0.2, 0.25) is 0 Å². The number of nitrogens with one attached hydrogen (secondary N) is 2. The molecule has 170 valence electrons. The number of ether oxygens (including phenoxy) is 1. The second-order valence-corrected chi connectivity index (χ2v) is 8.12. The summed E-state index contributed by atoms with van der Waals surface area (Å²) in [5, 5.41) is 5.36. The number of furan rings is 1. The zero-order chi connectivity index (χ0) is 23.4. The van der Waals surface area contributed by atoms with Gasteiger partial charge in [0.25, 0.3) is 5.91 Å². The van der Waals surface area contributed by atoms with Crippen LogP contribution in [0.4, 0.5) is 4.79 Å². The van der Waals surface area contributed by atoms with Crippen LogP contribution in [0.1, 0.15) is 54.1 Å². The van der Waals surface area contributed by atoms with Gasteiger partial charge in [0.05, 0.1) is 23.0 Å². The van der Waals surface area contributed by atoms with Crippen molar-refractivity contribution >= 4 is 40.5 Å². The number of rotatable bonds is 5. The van der Waals surface area contributed by atoms with Gasteiger partial charge < -0.3 is 14.5 Å². The van der Waals surface area contributed by atoms with E-state index in [-0.39, 0.29) is 6.04 Å². The second kappa shape index (κ2) is 9.68. The van der Waals surface area contributed by atoms with Gasteiger partial charge in [-0.25, -0.2) is 14.6 Å². The summed E-state index contributed by atoms with van der Waals surface area (Å²) < 4.78 is 10.8. The van der Waals surface area contributed by atoms with Gasteiger partial charge in [-0.05, 0) is 68.5 Å². The predicted octanol–water partition coefficient (Wildman–Crippen LogP) is 4.10. The van der Waals surface area contributed by atoms with Crippen LogP contribution in [-0.4, -0.2) is 35.5 Å². The zero-order valence-electron chi connectivity index (χ0n) is 18.5. The van der Waals surface area contributed by atoms with E-state index in [2.05, 4.69) is 10.6 Å². The molecule has 2 aromatic heterocycles. The number of allylic oxidation sites excluding steroid dienone is 1. The summed E-state index contributed by atoms with van der Waals surface area (Å²) in [6.45, 7) is 2.98. The molecule has 0 unspecified atom stereocenters. The lowest BCUT2D eigenvalue weighted by Crippen LogP contribution is -2.44. The number of imide groups is 1. The molecule has 0 aliphatic heterocycles. The van der Waals surface area contributed by atoms with Crippen LogP contribution in [0.25, 0.3) is 22.6 Å². The maximum atomic E-state index is 13.2. The van der Waals surface area contributed by atoms with Gasteiger partial charge in [-0.15, -0.1) is 0 Å². The summed E-state index contributed by atoms with van der Waals surface area (Å²) in [6, 6.07) is 10.3. The molecule has 0 saturated heterocycles. The van der Waals surface area contributed by atoms with Gasteiger partial charge in [-0.3, -0.25) is 10.1 Å². The summed E-state index contributed by atoms with van der Waals surface area (Å²) in [7, 11) is 0. The molecular formula is C25H25N3O5. The Morgan fingerprint density at radius 2 is 1.97 bits per heavy atom. The van der Waals surface area contributed by atoms with Gasteiger partial charge in [0, 0.05) is 11.4 Å². The first-order valence-electron chi connectivity index (χ1n) is 10.9. The summed E-state index contributed by atoms with van der Waals surface area (Å²) in [4.78, 5) is 41.8. The number of pyridine rings is 1. The number of aromatic nitrogens is 1. The van der Waals surface area contributed by atoms with Crippen molar-refractivity contribution in [1.29, 1.82) is 0 Å². The number of hydrogen-bond donors (Lipinski definition) is 2. The lowest BCUT2D eigenvalue weighted by Gasteiger charge is -2.22. The fraction of sp³-hybridized carbons (Fsp3) is 0.280. The molecule has 0 radical (unpaired) electrons. The number of carbonyl (C=O) groups excluding carboxylic acids is 3. The van der Waals surface area contributed by atoms with Crippen LogP contribution in [0, 0.1) is 0 Å². The van der Waals surface area contributed by atoms with E-state index in [9.17, 15) is 14.4 Å². The van der Waals surface area contributed by atoms with Crippen LogP contribution in [0.2, 0.25) is 0 Å². The third-order valence-electron chi connectivity index (χ3n) is 5.24. The fourth-order valence-electron chi connectivity index (χ4n) is 3.92. The Hall–Kier alpha value is -3.94. The smallest absolute Gasteiger partial charge is 0.339 e. The van der Waals surface area contributed by atoms with Gasteiger partial charge in [-0.1, -0.05) is 18.2 Å². The summed E-state index contributed by atoms with van der Waals surface area (Å²) in [5.74, 6) is -0.607. The number of nitrogens with zero attached hydrogens (tertiary/aromatic N) is 1. The number of carbonyl (C=O) groups is 3. The van der Waals surface area contributed by atoms with Crippen molar-refractivity contribution in [2.24, 2.45) is 0 Å². The third kappa shape index (κ3) is 5.11. The molecule has 8 heteroatoms. The van der Waals surface area contributed by atoms with E-state index in [0.29, 0.717) is 28.6 Å². The van der Waals surface area contributed by atoms with E-state index in [1.54, 1.807) is 20.1 Å². The van der Waals surface area contributed by atoms with Gasteiger partial charge in [-0.2, -0.15) is 0 Å². The van der Waals surface area contributed by atoms with Gasteiger partial charge in [0.1, 0.15) is 5.76 Å². The first-order valence-corrected chi connectivity index (χ1v) is 10.9. The zero-order valence-corrected chi connectivity index (χ0v) is 18.5. The fourth-order valence-corrected chi connectivity index (χ4v) is 3.92. The van der Waals surface area contributed by atoms with Crippen LogP contribution < -0.4 is 10.6 Å². The summed E-state index contributed by atoms with van der Waals surface area (Å²) in [6.07, 6.45) is 5.86. The van der Waals surface area contributed by atoms with E-state index in [1.165, 1.54) is 0 Å². The minimum Gasteiger partial charge on any atom is -0.465 e. The highest BCUT2D eigenvalue weighted by Gasteiger charge is 2.26. The molecule has 0 spiro atoms. The van der Waals surface area contributed by atoms with Crippen LogP contribution in [0.15, 0.2) is 47.1 Å². The predicted molar refractivity (Wildman–Crippen MR) is 123 cm³/mol. The summed E-state index contributed by atoms with van der Waals surface area (Å²) in [5.41, 5.74) is 3.58. The first-order chi connectivity index (χ1) is 15.9. The molecule has 2 N–H and O–H groups in total. The average molecular weight is 447 g/mol. The molecule has 0 bridgehead atoms. The topological polar surface area (TPSA) is 111 Å². The maximum absolute atomic E-state index is 13.2. The van der Waals surface area contributed by atoms with E-state index < -0.39 is 24.5 Å². The minimum atomic E-state index is -0.702. The Morgan fingerprint density at radius 1 is 1.15 bits per heavy atom. The van der Waals surface area contributed by atoms with Gasteiger partial charge in [0.15, 0.2) is 6.61 Å². The average Bonchev–Trinajstić information content (AvgIpc) is 3.29. The molecular weight excluding hydrogens is 422 g/mol. The van der Waals surface area contributed by atoms with Gasteiger partial charge >= 0.3 is 12.0 Å². The molecule has 1 aliphatic carbocycles. The molecule has 3 aromatic rings. The highest BCUT2D eigenvalue weighted by Crippen LogP contribution is 2.36. The Bertz CT molecular complexity index is 1230. The number of benzene rings is 1. The number of fused-ring (bicyclic) bond motifs is 2. The molecule has 8 nitrogen and oxygen atoms in total. The van der Waals surface area contributed by atoms with Crippen LogP contribution in [0.3, 0.4) is 0 Å². The third-order valence-corrected chi connectivity index (χ3v) is 5.24. The number of para-hydroxylation sites is 1. The van der Waals surface area contributed by atoms with Crippen molar-refractivity contribution in [2.75, 3.05) is 6.61 Å². The number of esters is 1. The standard InChI is InChI=1S/C25H25N3O5/c1-15(2)26-25(31)28-21(29)14-33-24(30)22-18-9-3-4-11-20(18)27-23-16(7-5-10-19(22)23)13-17-8-6-12-32-17/h3-4,6,8-9,11-13,15H,5,7,10,14H2,1-2H3,(H2,26,28,29,31). The summed E-state index contributed by atoms with van der Waals surface area (Å²) >= 11 is 0. The molecule has 0 saturated carbocycles. The van der Waals surface area contributed by atoms with Crippen LogP contribution >= 0.6 is 0 Å². The van der Waals surface area contributed by atoms with Crippen LogP contribution in [-0.2, 0) is 16.0 Å². The second-order valence-electron chi connectivity index (χ2n) is 8.12. The number of hydrogen-bond acceptors (Lipinski definition) is 6. The molecule has 2 heterocycles. The number of urea groups is 1.